The van der Waals surface area contributed by atoms with Crippen LogP contribution >= 0.6 is 7.52 Å². The number of aromatic nitrogens is 4. The molecular formula is C33H50N9O7P. The van der Waals surface area contributed by atoms with Gasteiger partial charge in [-0.25, -0.2) is 20.0 Å². The molecule has 0 amide bonds. The van der Waals surface area contributed by atoms with Gasteiger partial charge in [0.1, 0.15) is 41.3 Å². The van der Waals surface area contributed by atoms with Crippen LogP contribution in [0.4, 0.5) is 5.82 Å². The highest BCUT2D eigenvalue weighted by molar-refractivity contribution is 7.57. The zero-order chi connectivity index (χ0) is 36.6. The molecule has 3 N–H and O–H groups in total. The molecular weight excluding hydrogens is 665 g/mol. The van der Waals surface area contributed by atoms with Crippen molar-refractivity contribution >= 4 is 36.4 Å². The third-order valence-corrected chi connectivity index (χ3v) is 9.08. The predicted molar refractivity (Wildman–Crippen MR) is 189 cm³/mol. The lowest BCUT2D eigenvalue weighted by Crippen LogP contribution is -2.39. The molecule has 3 rings (SSSR count). The molecule has 2 heterocycles. The molecule has 17 heteroatoms. The van der Waals surface area contributed by atoms with Crippen molar-refractivity contribution in [3.8, 4) is 11.5 Å². The molecule has 16 nitrogen and oxygen atoms in total. The Morgan fingerprint density at radius 1 is 1.04 bits per heavy atom. The summed E-state index contributed by atoms with van der Waals surface area (Å²) in [5.74, 6) is -0.335. The minimum Gasteiger partial charge on any atom is -0.459 e. The second kappa shape index (κ2) is 19.8. The zero-order valence-electron chi connectivity index (χ0n) is 29.6. The average molecular weight is 716 g/mol. The Morgan fingerprint density at radius 3 is 2.42 bits per heavy atom. The number of azide groups is 1. The number of anilines is 1. The van der Waals surface area contributed by atoms with Gasteiger partial charge in [0, 0.05) is 23.9 Å². The number of hydrogen-bond acceptors (Lipinski definition) is 12. The summed E-state index contributed by atoms with van der Waals surface area (Å²) >= 11 is 0. The molecule has 3 atom stereocenters. The molecule has 0 aliphatic heterocycles. The van der Waals surface area contributed by atoms with Crippen molar-refractivity contribution in [3.05, 3.63) is 47.4 Å². The van der Waals surface area contributed by atoms with Gasteiger partial charge in [-0.05, 0) is 65.1 Å². The monoisotopic (exact) mass is 715 g/mol. The molecule has 50 heavy (non-hydrogen) atoms. The number of carbonyl (C=O) groups excluding carboxylic acids is 2. The number of nitrogen functional groups attached to an aromatic ring is 1. The summed E-state index contributed by atoms with van der Waals surface area (Å²) in [6.07, 6.45) is 10.2. The molecule has 1 unspecified atom stereocenters. The van der Waals surface area contributed by atoms with Crippen molar-refractivity contribution in [3.63, 3.8) is 0 Å². The number of ether oxygens (including phenoxy) is 3. The lowest BCUT2D eigenvalue weighted by molar-refractivity contribution is -0.156. The molecule has 1 aromatic carbocycles. The van der Waals surface area contributed by atoms with Crippen LogP contribution in [0, 0.1) is 0 Å². The summed E-state index contributed by atoms with van der Waals surface area (Å²) < 4.78 is 38.9. The second-order valence-corrected chi connectivity index (χ2v) is 15.1. The van der Waals surface area contributed by atoms with E-state index in [4.69, 9.17) is 30.0 Å². The van der Waals surface area contributed by atoms with Gasteiger partial charge in [-0.15, -0.1) is 0 Å². The third-order valence-electron chi connectivity index (χ3n) is 7.31. The van der Waals surface area contributed by atoms with Crippen LogP contribution < -0.4 is 20.1 Å². The van der Waals surface area contributed by atoms with Crippen LogP contribution in [-0.2, 0) is 30.2 Å². The molecule has 0 saturated heterocycles. The van der Waals surface area contributed by atoms with Crippen LogP contribution in [0.25, 0.3) is 21.6 Å². The van der Waals surface area contributed by atoms with Gasteiger partial charge in [-0.3, -0.25) is 14.2 Å². The Kier molecular flexibility index (Phi) is 15.9. The quantitative estimate of drug-likeness (QED) is 0.0203. The number of fused-ring (bicyclic) bond motifs is 1. The molecule has 0 spiro atoms. The summed E-state index contributed by atoms with van der Waals surface area (Å²) in [6.45, 7) is 9.39. The van der Waals surface area contributed by atoms with Crippen molar-refractivity contribution in [2.24, 2.45) is 5.11 Å². The number of nitrogens with one attached hydrogen (secondary N) is 1. The van der Waals surface area contributed by atoms with Crippen molar-refractivity contribution in [1.82, 2.24) is 24.6 Å². The number of unbranched alkanes of at least 4 members (excludes halogenated alkanes) is 7. The van der Waals surface area contributed by atoms with Gasteiger partial charge < -0.3 is 29.0 Å². The second-order valence-electron chi connectivity index (χ2n) is 13.1. The summed E-state index contributed by atoms with van der Waals surface area (Å²) in [5.41, 5.74) is 14.4. The van der Waals surface area contributed by atoms with Gasteiger partial charge in [0.05, 0.1) is 19.0 Å². The first-order valence-corrected chi connectivity index (χ1v) is 18.7. The number of nitrogens with two attached hydrogens (primary N) is 1. The first-order chi connectivity index (χ1) is 23.8. The fourth-order valence-electron chi connectivity index (χ4n) is 4.92. The van der Waals surface area contributed by atoms with Crippen LogP contribution in [0.5, 0.6) is 11.5 Å². The van der Waals surface area contributed by atoms with Crippen LogP contribution in [-0.4, -0.2) is 62.1 Å². The van der Waals surface area contributed by atoms with Crippen LogP contribution in [0.3, 0.4) is 0 Å². The lowest BCUT2D eigenvalue weighted by atomic mass is 10.1. The van der Waals surface area contributed by atoms with E-state index in [9.17, 15) is 14.2 Å². The highest BCUT2D eigenvalue weighted by Gasteiger charge is 2.33. The average Bonchev–Trinajstić information content (AvgIpc) is 3.45. The minimum absolute atomic E-state index is 0.158. The van der Waals surface area contributed by atoms with Gasteiger partial charge in [-0.1, -0.05) is 49.7 Å². The summed E-state index contributed by atoms with van der Waals surface area (Å²) in [5, 5.41) is 6.33. The Hall–Kier alpha value is -4.23. The first-order valence-electron chi connectivity index (χ1n) is 16.9. The zero-order valence-corrected chi connectivity index (χ0v) is 30.5. The predicted octanol–water partition coefficient (Wildman–Crippen LogP) is 7.09. The van der Waals surface area contributed by atoms with E-state index in [1.165, 1.54) is 19.3 Å². The largest absolute Gasteiger partial charge is 0.459 e. The lowest BCUT2D eigenvalue weighted by Gasteiger charge is -2.27. The fraction of sp³-hybridized carbons (Fsp3) is 0.606. The van der Waals surface area contributed by atoms with E-state index in [1.54, 1.807) is 56.8 Å². The molecule has 3 aromatic rings. The van der Waals surface area contributed by atoms with Crippen molar-refractivity contribution in [2.45, 2.75) is 117 Å². The van der Waals surface area contributed by atoms with E-state index in [-0.39, 0.29) is 29.7 Å². The van der Waals surface area contributed by atoms with E-state index in [0.29, 0.717) is 30.7 Å². The maximum atomic E-state index is 14.2. The Bertz CT molecular complexity index is 1640. The van der Waals surface area contributed by atoms with Crippen molar-refractivity contribution < 1.29 is 32.9 Å². The number of esters is 2. The van der Waals surface area contributed by atoms with Crippen molar-refractivity contribution in [2.75, 3.05) is 18.6 Å². The number of rotatable bonds is 22. The topological polar surface area (TPSA) is 219 Å². The summed E-state index contributed by atoms with van der Waals surface area (Å²) in [7, 11) is -3.91. The van der Waals surface area contributed by atoms with Crippen LogP contribution in [0.2, 0.25) is 0 Å². The third kappa shape index (κ3) is 14.3. The Balaban J connectivity index is 1.57. The molecule has 0 aliphatic rings. The van der Waals surface area contributed by atoms with E-state index in [2.05, 4.69) is 30.1 Å². The summed E-state index contributed by atoms with van der Waals surface area (Å²) in [4.78, 5) is 40.6. The maximum absolute atomic E-state index is 14.2. The van der Waals surface area contributed by atoms with Gasteiger partial charge >= 0.3 is 19.5 Å². The summed E-state index contributed by atoms with van der Waals surface area (Å²) in [6, 6.07) is 5.27. The molecule has 0 radical (unpaired) electrons. The normalized spacial score (nSPS) is 13.9. The van der Waals surface area contributed by atoms with Crippen LogP contribution in [0.1, 0.15) is 92.4 Å². The van der Waals surface area contributed by atoms with E-state index < -0.39 is 37.6 Å². The van der Waals surface area contributed by atoms with Gasteiger partial charge in [0.2, 0.25) is 0 Å². The molecule has 2 aromatic heterocycles. The number of carbonyl (C=O) groups is 2. The Morgan fingerprint density at radius 2 is 1.72 bits per heavy atom. The highest BCUT2D eigenvalue weighted by atomic mass is 31.2. The number of benzene rings is 1. The number of nitrogens with zero attached hydrogens (tertiary/aromatic N) is 7. The van der Waals surface area contributed by atoms with Gasteiger partial charge in [0.15, 0.2) is 11.5 Å². The smallest absolute Gasteiger partial charge is 0.342 e. The fourth-order valence-corrected chi connectivity index (χ4v) is 6.70. The highest BCUT2D eigenvalue weighted by Crippen LogP contribution is 2.45. The van der Waals surface area contributed by atoms with E-state index >= 15 is 0 Å². The van der Waals surface area contributed by atoms with E-state index in [1.807, 2.05) is 0 Å². The SMILES string of the molecule is C[C@H](Cn1cnc2c(N)ncnc21)OCP(=O)(N[C@@H](C)C(=O)OC(C)(C)C)Oc1cccc(OC(=O)CCCCCCCCCCN=[N+]=[N-])c1. The molecule has 0 bridgehead atoms. The van der Waals surface area contributed by atoms with Gasteiger partial charge in [-0.2, -0.15) is 0 Å². The Labute approximate surface area is 293 Å². The van der Waals surface area contributed by atoms with E-state index in [0.717, 1.165) is 44.9 Å². The maximum Gasteiger partial charge on any atom is 0.342 e. The standard InChI is InChI=1S/C33H50N9O7P/c1-24(20-42-22-38-29-30(34)36-21-37-31(29)42)46-23-50(45,40-25(2)32(44)48-33(3,4)5)49-27-16-14-15-26(19-27)47-28(43)17-12-10-8-6-7-9-11-13-18-39-41-35/h14-16,19,21-22,24-25H,6-13,17-18,20,23H2,1-5H3,(H,40,45)(H2,34,36,37)/t24-,25+,50?/m1/s1. The molecule has 0 aliphatic carbocycles. The first kappa shape index (κ1) is 40.2. The van der Waals surface area contributed by atoms with Crippen LogP contribution in [0.15, 0.2) is 42.0 Å². The number of hydrogen-bond donors (Lipinski definition) is 2. The minimum atomic E-state index is -3.91. The van der Waals surface area contributed by atoms with Crippen molar-refractivity contribution in [1.29, 1.82) is 0 Å². The number of imidazole rings is 1. The molecule has 0 fully saturated rings. The molecule has 0 saturated carbocycles. The molecule has 274 valence electrons. The van der Waals surface area contributed by atoms with Gasteiger partial charge in [0.25, 0.3) is 0 Å².